The number of benzene rings is 1. The molecule has 9 heteroatoms. The lowest BCUT2D eigenvalue weighted by molar-refractivity contribution is -0.136. The standard InChI is InChI=1S/C16H17FN2O5S/c1-16(2,3)24-14(22)19-12-5-4-10(7-11(12)17)23-15-18-9(8-25-15)6-13(20)21/h4-5,7-8H,6H2,1-3H3,(H,19,22)(H,20,21). The van der Waals surface area contributed by atoms with Crippen LogP contribution in [0.1, 0.15) is 26.5 Å². The normalized spacial score (nSPS) is 11.0. The van der Waals surface area contributed by atoms with E-state index >= 15 is 0 Å². The Labute approximate surface area is 147 Å². The number of hydrogen-bond donors (Lipinski definition) is 2. The number of carboxylic acids is 1. The minimum atomic E-state index is -1.000. The van der Waals surface area contributed by atoms with Gasteiger partial charge in [-0.15, -0.1) is 0 Å². The van der Waals surface area contributed by atoms with Crippen LogP contribution in [0.3, 0.4) is 0 Å². The van der Waals surface area contributed by atoms with Gasteiger partial charge in [-0.2, -0.15) is 0 Å². The highest BCUT2D eigenvalue weighted by Gasteiger charge is 2.17. The zero-order valence-corrected chi connectivity index (χ0v) is 14.6. The van der Waals surface area contributed by atoms with Crippen LogP contribution in [0.4, 0.5) is 14.9 Å². The van der Waals surface area contributed by atoms with Crippen molar-refractivity contribution in [3.63, 3.8) is 0 Å². The molecule has 134 valence electrons. The molecule has 0 aliphatic heterocycles. The Hall–Kier alpha value is -2.68. The number of halogens is 1. The lowest BCUT2D eigenvalue weighted by Crippen LogP contribution is -2.27. The first kappa shape index (κ1) is 18.7. The van der Waals surface area contributed by atoms with Gasteiger partial charge in [0.05, 0.1) is 17.8 Å². The second-order valence-corrected chi connectivity index (χ2v) is 6.87. The van der Waals surface area contributed by atoms with Crippen LogP contribution in [-0.4, -0.2) is 27.8 Å². The van der Waals surface area contributed by atoms with Gasteiger partial charge in [-0.05, 0) is 32.9 Å². The van der Waals surface area contributed by atoms with Crippen molar-refractivity contribution in [1.29, 1.82) is 0 Å². The second kappa shape index (κ2) is 7.47. The summed E-state index contributed by atoms with van der Waals surface area (Å²) in [5, 5.41) is 12.8. The molecule has 0 aliphatic carbocycles. The maximum atomic E-state index is 14.1. The van der Waals surface area contributed by atoms with Gasteiger partial charge >= 0.3 is 12.1 Å². The van der Waals surface area contributed by atoms with E-state index in [0.29, 0.717) is 5.69 Å². The number of rotatable bonds is 5. The molecular weight excluding hydrogens is 351 g/mol. The van der Waals surface area contributed by atoms with Crippen molar-refractivity contribution in [3.8, 4) is 10.9 Å². The molecule has 1 aromatic heterocycles. The second-order valence-electron chi connectivity index (χ2n) is 6.05. The number of anilines is 1. The van der Waals surface area contributed by atoms with Gasteiger partial charge in [-0.1, -0.05) is 11.3 Å². The summed E-state index contributed by atoms with van der Waals surface area (Å²) < 4.78 is 24.5. The first-order valence-corrected chi connectivity index (χ1v) is 8.14. The molecule has 0 atom stereocenters. The molecule has 2 rings (SSSR count). The largest absolute Gasteiger partial charge is 0.481 e. The summed E-state index contributed by atoms with van der Waals surface area (Å²) in [6.07, 6.45) is -0.981. The SMILES string of the molecule is CC(C)(C)OC(=O)Nc1ccc(Oc2nc(CC(=O)O)cs2)cc1F. The number of nitrogens with zero attached hydrogens (tertiary/aromatic N) is 1. The summed E-state index contributed by atoms with van der Waals surface area (Å²) in [4.78, 5) is 26.3. The number of aromatic nitrogens is 1. The first-order valence-electron chi connectivity index (χ1n) is 7.26. The summed E-state index contributed by atoms with van der Waals surface area (Å²) in [5.41, 5.74) is -0.384. The van der Waals surface area contributed by atoms with Crippen molar-refractivity contribution in [2.24, 2.45) is 0 Å². The predicted molar refractivity (Wildman–Crippen MR) is 89.8 cm³/mol. The fourth-order valence-electron chi connectivity index (χ4n) is 1.75. The van der Waals surface area contributed by atoms with E-state index in [1.165, 1.54) is 12.1 Å². The highest BCUT2D eigenvalue weighted by atomic mass is 32.1. The third kappa shape index (κ3) is 6.03. The van der Waals surface area contributed by atoms with Gasteiger partial charge in [0.2, 0.25) is 0 Å². The fraction of sp³-hybridized carbons (Fsp3) is 0.312. The van der Waals surface area contributed by atoms with E-state index in [0.717, 1.165) is 17.4 Å². The third-order valence-corrected chi connectivity index (χ3v) is 3.41. The van der Waals surface area contributed by atoms with Gasteiger partial charge in [0.15, 0.2) is 5.82 Å². The number of carboxylic acid groups (broad SMARTS) is 1. The molecule has 0 bridgehead atoms. The number of nitrogens with one attached hydrogen (secondary N) is 1. The number of amides is 1. The zero-order chi connectivity index (χ0) is 18.6. The Bertz CT molecular complexity index is 785. The molecule has 0 aliphatic rings. The van der Waals surface area contributed by atoms with Gasteiger partial charge in [-0.25, -0.2) is 14.2 Å². The van der Waals surface area contributed by atoms with Crippen molar-refractivity contribution in [3.05, 3.63) is 35.1 Å². The highest BCUT2D eigenvalue weighted by Crippen LogP contribution is 2.28. The number of hydrogen-bond acceptors (Lipinski definition) is 6. The van der Waals surface area contributed by atoms with E-state index in [-0.39, 0.29) is 23.1 Å². The average Bonchev–Trinajstić information content (AvgIpc) is 2.86. The molecule has 1 aromatic carbocycles. The van der Waals surface area contributed by atoms with Crippen molar-refractivity contribution < 1.29 is 28.6 Å². The lowest BCUT2D eigenvalue weighted by atomic mass is 10.2. The molecule has 0 spiro atoms. The van der Waals surface area contributed by atoms with Crippen molar-refractivity contribution >= 4 is 29.1 Å². The Balaban J connectivity index is 2.02. The topological polar surface area (TPSA) is 97.8 Å². The van der Waals surface area contributed by atoms with E-state index in [1.54, 1.807) is 26.2 Å². The van der Waals surface area contributed by atoms with Crippen LogP contribution in [0.15, 0.2) is 23.6 Å². The predicted octanol–water partition coefficient (Wildman–Crippen LogP) is 4.05. The van der Waals surface area contributed by atoms with Crippen LogP contribution in [0.25, 0.3) is 0 Å². The maximum Gasteiger partial charge on any atom is 0.412 e. The van der Waals surface area contributed by atoms with E-state index in [4.69, 9.17) is 14.6 Å². The highest BCUT2D eigenvalue weighted by molar-refractivity contribution is 7.11. The summed E-state index contributed by atoms with van der Waals surface area (Å²) in [7, 11) is 0. The van der Waals surface area contributed by atoms with E-state index in [2.05, 4.69) is 10.3 Å². The molecule has 2 aromatic rings. The third-order valence-electron chi connectivity index (χ3n) is 2.64. The van der Waals surface area contributed by atoms with Gasteiger partial charge in [-0.3, -0.25) is 10.1 Å². The fourth-order valence-corrected chi connectivity index (χ4v) is 2.43. The van der Waals surface area contributed by atoms with Crippen molar-refractivity contribution in [2.75, 3.05) is 5.32 Å². The Morgan fingerprint density at radius 3 is 2.68 bits per heavy atom. The molecule has 0 unspecified atom stereocenters. The van der Waals surface area contributed by atoms with Gasteiger partial charge < -0.3 is 14.6 Å². The monoisotopic (exact) mass is 368 g/mol. The van der Waals surface area contributed by atoms with Gasteiger partial charge in [0.1, 0.15) is 11.4 Å². The molecule has 25 heavy (non-hydrogen) atoms. The molecule has 0 radical (unpaired) electrons. The van der Waals surface area contributed by atoms with Gasteiger partial charge in [0, 0.05) is 11.4 Å². The number of carbonyl (C=O) groups excluding carboxylic acids is 1. The molecule has 0 fully saturated rings. The van der Waals surface area contributed by atoms with E-state index in [1.807, 2.05) is 0 Å². The van der Waals surface area contributed by atoms with Crippen LogP contribution in [0, 0.1) is 5.82 Å². The number of thiazole rings is 1. The van der Waals surface area contributed by atoms with Crippen LogP contribution in [0.5, 0.6) is 10.9 Å². The van der Waals surface area contributed by atoms with Crippen molar-refractivity contribution in [2.45, 2.75) is 32.8 Å². The van der Waals surface area contributed by atoms with Crippen LogP contribution in [0.2, 0.25) is 0 Å². The Morgan fingerprint density at radius 1 is 1.36 bits per heavy atom. The zero-order valence-electron chi connectivity index (χ0n) is 13.8. The minimum absolute atomic E-state index is 0.0488. The molecule has 0 saturated heterocycles. The van der Waals surface area contributed by atoms with Crippen LogP contribution in [-0.2, 0) is 16.0 Å². The molecule has 2 N–H and O–H groups in total. The van der Waals surface area contributed by atoms with Crippen LogP contribution < -0.4 is 10.1 Å². The van der Waals surface area contributed by atoms with E-state index < -0.39 is 23.5 Å². The Kier molecular flexibility index (Phi) is 5.58. The number of aliphatic carboxylic acids is 1. The maximum absolute atomic E-state index is 14.1. The number of ether oxygens (including phenoxy) is 2. The minimum Gasteiger partial charge on any atom is -0.481 e. The molecule has 1 heterocycles. The first-order chi connectivity index (χ1) is 11.6. The summed E-state index contributed by atoms with van der Waals surface area (Å²) in [6.45, 7) is 5.10. The molecule has 0 saturated carbocycles. The summed E-state index contributed by atoms with van der Waals surface area (Å²) >= 11 is 1.10. The number of carbonyl (C=O) groups is 2. The van der Waals surface area contributed by atoms with E-state index in [9.17, 15) is 14.0 Å². The lowest BCUT2D eigenvalue weighted by Gasteiger charge is -2.19. The molecule has 1 amide bonds. The average molecular weight is 368 g/mol. The van der Waals surface area contributed by atoms with Gasteiger partial charge in [0.25, 0.3) is 5.19 Å². The smallest absolute Gasteiger partial charge is 0.412 e. The summed E-state index contributed by atoms with van der Waals surface area (Å²) in [6, 6.07) is 3.87. The molecular formula is C16H17FN2O5S. The van der Waals surface area contributed by atoms with Crippen LogP contribution >= 0.6 is 11.3 Å². The Morgan fingerprint density at radius 2 is 2.08 bits per heavy atom. The quantitative estimate of drug-likeness (QED) is 0.826. The summed E-state index contributed by atoms with van der Waals surface area (Å²) in [5.74, 6) is -1.53. The van der Waals surface area contributed by atoms with Crippen molar-refractivity contribution in [1.82, 2.24) is 4.98 Å². The molecule has 7 nitrogen and oxygen atoms in total.